The number of hydrogen-bond donors (Lipinski definition) is 1. The number of nitrogens with two attached hydrogens (primary N) is 1. The van der Waals surface area contributed by atoms with Crippen LogP contribution in [0.1, 0.15) is 40.6 Å². The number of primary amides is 1. The highest BCUT2D eigenvalue weighted by Gasteiger charge is 2.31. The van der Waals surface area contributed by atoms with Gasteiger partial charge in [0.15, 0.2) is 5.76 Å². The smallest absolute Gasteiger partial charge is 0.220 e. The van der Waals surface area contributed by atoms with E-state index >= 15 is 0 Å². The van der Waals surface area contributed by atoms with Gasteiger partial charge in [0.1, 0.15) is 11.8 Å². The first-order valence-electron chi connectivity index (χ1n) is 9.06. The van der Waals surface area contributed by atoms with Crippen LogP contribution in [0.4, 0.5) is 0 Å². The molecule has 0 aliphatic carbocycles. The Hall–Kier alpha value is -3.41. The number of methoxy groups -OCH3 is 1. The first-order valence-corrected chi connectivity index (χ1v) is 9.06. The molecule has 28 heavy (non-hydrogen) atoms. The van der Waals surface area contributed by atoms with E-state index in [2.05, 4.69) is 18.1 Å². The van der Waals surface area contributed by atoms with Crippen LogP contribution in [0.2, 0.25) is 0 Å². The molecule has 0 saturated carbocycles. The van der Waals surface area contributed by atoms with Crippen molar-refractivity contribution >= 4 is 11.6 Å². The summed E-state index contributed by atoms with van der Waals surface area (Å²) in [4.78, 5) is 16.7. The Balaban J connectivity index is 2.01. The third-order valence-corrected chi connectivity index (χ3v) is 5.01. The van der Waals surface area contributed by atoms with Gasteiger partial charge in [-0.15, -0.1) is 0 Å². The van der Waals surface area contributed by atoms with E-state index in [4.69, 9.17) is 20.0 Å². The lowest BCUT2D eigenvalue weighted by atomic mass is 9.90. The number of carbonyl (C=O) groups excluding carboxylic acids is 1. The SMILES string of the molecule is COc1ccc(C2=N[C@@H](CC(N)=O)c3onc(C)c3-c3cccc(C)c32)cc1. The normalized spacial score (nSPS) is 15.2. The zero-order valence-corrected chi connectivity index (χ0v) is 16.0. The topological polar surface area (TPSA) is 90.7 Å². The largest absolute Gasteiger partial charge is 0.497 e. The number of nitrogens with zero attached hydrogens (tertiary/aromatic N) is 2. The second kappa shape index (κ2) is 6.96. The molecule has 3 aromatic rings. The maximum Gasteiger partial charge on any atom is 0.220 e. The minimum absolute atomic E-state index is 0.0499. The standard InChI is InChI=1S/C22H21N3O3/c1-12-5-4-6-16-19(12)21(14-7-9-15(27-3)10-8-14)24-17(11-18(23)26)22-20(16)13(2)25-28-22/h4-10,17H,11H2,1-3H3,(H2,23,26)/t17-/m0/s1. The molecule has 0 spiro atoms. The number of amides is 1. The highest BCUT2D eigenvalue weighted by Crippen LogP contribution is 2.41. The molecule has 0 saturated heterocycles. The maximum absolute atomic E-state index is 11.7. The molecule has 2 heterocycles. The van der Waals surface area contributed by atoms with Gasteiger partial charge in [-0.25, -0.2) is 0 Å². The molecule has 4 rings (SSSR count). The highest BCUT2D eigenvalue weighted by molar-refractivity contribution is 6.18. The van der Waals surface area contributed by atoms with Crippen LogP contribution in [0.5, 0.6) is 5.75 Å². The van der Waals surface area contributed by atoms with Crippen molar-refractivity contribution in [2.24, 2.45) is 10.7 Å². The molecule has 1 aliphatic heterocycles. The van der Waals surface area contributed by atoms with E-state index in [1.54, 1.807) is 7.11 Å². The van der Waals surface area contributed by atoms with Crippen molar-refractivity contribution in [2.45, 2.75) is 26.3 Å². The Morgan fingerprint density at radius 1 is 1.14 bits per heavy atom. The molecular weight excluding hydrogens is 354 g/mol. The van der Waals surface area contributed by atoms with E-state index in [0.29, 0.717) is 5.76 Å². The average molecular weight is 375 g/mol. The molecule has 2 aromatic carbocycles. The second-order valence-corrected chi connectivity index (χ2v) is 6.90. The van der Waals surface area contributed by atoms with Crippen molar-refractivity contribution in [3.8, 4) is 16.9 Å². The van der Waals surface area contributed by atoms with Crippen molar-refractivity contribution in [3.05, 3.63) is 70.6 Å². The van der Waals surface area contributed by atoms with Gasteiger partial charge in [0.05, 0.1) is 30.5 Å². The van der Waals surface area contributed by atoms with Gasteiger partial charge in [0.2, 0.25) is 5.91 Å². The molecule has 0 radical (unpaired) electrons. The quantitative estimate of drug-likeness (QED) is 0.752. The molecule has 0 bridgehead atoms. The molecular formula is C22H21N3O3. The van der Waals surface area contributed by atoms with Gasteiger partial charge in [0.25, 0.3) is 0 Å². The van der Waals surface area contributed by atoms with Crippen LogP contribution < -0.4 is 10.5 Å². The summed E-state index contributed by atoms with van der Waals surface area (Å²) in [5, 5.41) is 4.13. The molecule has 1 atom stereocenters. The summed E-state index contributed by atoms with van der Waals surface area (Å²) in [6.45, 7) is 3.95. The third kappa shape index (κ3) is 2.97. The zero-order valence-electron chi connectivity index (χ0n) is 16.0. The summed E-state index contributed by atoms with van der Waals surface area (Å²) >= 11 is 0. The van der Waals surface area contributed by atoms with E-state index in [-0.39, 0.29) is 6.42 Å². The summed E-state index contributed by atoms with van der Waals surface area (Å²) in [5.41, 5.74) is 12.0. The van der Waals surface area contributed by atoms with Crippen molar-refractivity contribution in [2.75, 3.05) is 7.11 Å². The van der Waals surface area contributed by atoms with Crippen LogP contribution in [-0.4, -0.2) is 23.9 Å². The molecule has 0 unspecified atom stereocenters. The Bertz CT molecular complexity index is 1080. The number of benzene rings is 2. The van der Waals surface area contributed by atoms with Crippen LogP contribution >= 0.6 is 0 Å². The van der Waals surface area contributed by atoms with E-state index in [0.717, 1.165) is 45.0 Å². The molecule has 1 aromatic heterocycles. The number of fused-ring (bicyclic) bond motifs is 3. The third-order valence-electron chi connectivity index (χ3n) is 5.01. The fraction of sp³-hybridized carbons (Fsp3) is 0.227. The van der Waals surface area contributed by atoms with E-state index in [9.17, 15) is 4.79 Å². The number of hydrogen-bond acceptors (Lipinski definition) is 5. The first kappa shape index (κ1) is 18.0. The number of aliphatic imine (C=N–C) groups is 1. The van der Waals surface area contributed by atoms with Crippen molar-refractivity contribution in [3.63, 3.8) is 0 Å². The number of aromatic nitrogens is 1. The Morgan fingerprint density at radius 2 is 1.89 bits per heavy atom. The highest BCUT2D eigenvalue weighted by atomic mass is 16.5. The van der Waals surface area contributed by atoms with E-state index < -0.39 is 11.9 Å². The van der Waals surface area contributed by atoms with Crippen LogP contribution in [0.25, 0.3) is 11.1 Å². The Labute approximate surface area is 163 Å². The van der Waals surface area contributed by atoms with Crippen LogP contribution in [0.15, 0.2) is 52.0 Å². The summed E-state index contributed by atoms with van der Waals surface area (Å²) in [5.74, 6) is 0.903. The minimum atomic E-state index is -0.530. The fourth-order valence-corrected chi connectivity index (χ4v) is 3.71. The first-order chi connectivity index (χ1) is 13.5. The Morgan fingerprint density at radius 3 is 2.57 bits per heavy atom. The number of ether oxygens (including phenoxy) is 1. The van der Waals surface area contributed by atoms with Gasteiger partial charge < -0.3 is 15.0 Å². The van der Waals surface area contributed by atoms with Crippen molar-refractivity contribution in [1.29, 1.82) is 0 Å². The molecule has 1 aliphatic rings. The number of rotatable bonds is 4. The van der Waals surface area contributed by atoms with Crippen LogP contribution in [0.3, 0.4) is 0 Å². The maximum atomic E-state index is 11.7. The molecule has 6 heteroatoms. The zero-order chi connectivity index (χ0) is 19.8. The predicted octanol–water partition coefficient (Wildman–Crippen LogP) is 3.73. The monoisotopic (exact) mass is 375 g/mol. The number of carbonyl (C=O) groups is 1. The molecule has 1 amide bonds. The predicted molar refractivity (Wildman–Crippen MR) is 107 cm³/mol. The van der Waals surface area contributed by atoms with Crippen molar-refractivity contribution < 1.29 is 14.1 Å². The average Bonchev–Trinajstić information content (AvgIpc) is 3.00. The van der Waals surface area contributed by atoms with Gasteiger partial charge in [-0.1, -0.05) is 23.4 Å². The molecule has 0 fully saturated rings. The minimum Gasteiger partial charge on any atom is -0.497 e. The van der Waals surface area contributed by atoms with Gasteiger partial charge in [0, 0.05) is 11.1 Å². The fourth-order valence-electron chi connectivity index (χ4n) is 3.71. The van der Waals surface area contributed by atoms with E-state index in [1.807, 2.05) is 43.3 Å². The lowest BCUT2D eigenvalue weighted by Gasteiger charge is -2.14. The summed E-state index contributed by atoms with van der Waals surface area (Å²) in [7, 11) is 1.63. The summed E-state index contributed by atoms with van der Waals surface area (Å²) in [6.07, 6.45) is 0.0499. The van der Waals surface area contributed by atoms with Gasteiger partial charge in [-0.2, -0.15) is 0 Å². The van der Waals surface area contributed by atoms with E-state index in [1.165, 1.54) is 0 Å². The number of aryl methyl sites for hydroxylation is 2. The second-order valence-electron chi connectivity index (χ2n) is 6.90. The van der Waals surface area contributed by atoms with Gasteiger partial charge >= 0.3 is 0 Å². The lowest BCUT2D eigenvalue weighted by Crippen LogP contribution is -2.15. The molecule has 6 nitrogen and oxygen atoms in total. The molecule has 142 valence electrons. The van der Waals surface area contributed by atoms with Crippen LogP contribution in [0, 0.1) is 13.8 Å². The van der Waals surface area contributed by atoms with Crippen LogP contribution in [-0.2, 0) is 4.79 Å². The van der Waals surface area contributed by atoms with Crippen molar-refractivity contribution in [1.82, 2.24) is 5.16 Å². The summed E-state index contributed by atoms with van der Waals surface area (Å²) in [6, 6.07) is 13.3. The lowest BCUT2D eigenvalue weighted by molar-refractivity contribution is -0.118. The van der Waals surface area contributed by atoms with Gasteiger partial charge in [-0.05, 0) is 49.2 Å². The van der Waals surface area contributed by atoms with Gasteiger partial charge in [-0.3, -0.25) is 9.79 Å². The summed E-state index contributed by atoms with van der Waals surface area (Å²) < 4.78 is 10.9. The molecule has 2 N–H and O–H groups in total. The Kier molecular flexibility index (Phi) is 4.47.